The van der Waals surface area contributed by atoms with Crippen LogP contribution in [0.15, 0.2) is 67.3 Å². The van der Waals surface area contributed by atoms with Crippen molar-refractivity contribution in [2.45, 2.75) is 182 Å². The van der Waals surface area contributed by atoms with Crippen LogP contribution in [0.3, 0.4) is 0 Å². The average Bonchev–Trinajstić information content (AvgIpc) is 1.69. The number of aromatic nitrogens is 3. The summed E-state index contributed by atoms with van der Waals surface area (Å²) in [4.78, 5) is 227. The minimum Gasteiger partial charge on any atom is -0.508 e. The van der Waals surface area contributed by atoms with Gasteiger partial charge >= 0.3 is 5.97 Å². The van der Waals surface area contributed by atoms with Crippen molar-refractivity contribution < 1.29 is 107 Å². The summed E-state index contributed by atoms with van der Waals surface area (Å²) in [5, 5.41) is 110. The Morgan fingerprint density at radius 2 is 0.880 bits per heavy atom. The number of para-hydroxylation sites is 1. The number of nitrogens with two attached hydrogens (primary N) is 6. The highest BCUT2D eigenvalue weighted by Gasteiger charge is 2.40. The van der Waals surface area contributed by atoms with Crippen LogP contribution in [0, 0.1) is 10.8 Å². The summed E-state index contributed by atoms with van der Waals surface area (Å²) in [6.07, 6.45) is -4.07. The van der Waals surface area contributed by atoms with E-state index >= 15 is 0 Å². The number of guanidine groups is 2. The number of imidazole rings is 1. The summed E-state index contributed by atoms with van der Waals surface area (Å²) in [7, 11) is 0. The monoisotopic (exact) mass is 1670 g/mol. The predicted molar refractivity (Wildman–Crippen MR) is 415 cm³/mol. The number of phenolic OH excluding ortho intramolecular Hbond substituents is 1. The Kier molecular flexibility index (Phi) is 40.0. The van der Waals surface area contributed by atoms with Gasteiger partial charge in [0.2, 0.25) is 88.6 Å². The van der Waals surface area contributed by atoms with Crippen LogP contribution >= 0.6 is 12.6 Å². The van der Waals surface area contributed by atoms with Crippen molar-refractivity contribution in [3.63, 3.8) is 0 Å². The Balaban J connectivity index is 1.54. The van der Waals surface area contributed by atoms with E-state index in [1.165, 1.54) is 36.8 Å². The summed E-state index contributed by atoms with van der Waals surface area (Å²) >= 11 is 4.18. The highest BCUT2D eigenvalue weighted by Crippen LogP contribution is 2.21. The molecule has 0 saturated carbocycles. The number of hydrogen-bond donors (Lipinski definition) is 31. The van der Waals surface area contributed by atoms with E-state index in [1.807, 2.05) is 0 Å². The van der Waals surface area contributed by atoms with E-state index in [2.05, 4.69) is 102 Å². The van der Waals surface area contributed by atoms with Crippen molar-refractivity contribution in [1.82, 2.24) is 89.4 Å². The summed E-state index contributed by atoms with van der Waals surface area (Å²) < 4.78 is 0. The van der Waals surface area contributed by atoms with Crippen LogP contribution < -0.4 is 109 Å². The molecule has 47 nitrogen and oxygen atoms in total. The van der Waals surface area contributed by atoms with Crippen LogP contribution in [0.1, 0.15) is 88.5 Å². The number of fused-ring (bicyclic) bond motifs is 1. The summed E-state index contributed by atoms with van der Waals surface area (Å²) in [6, 6.07) is -11.2. The molecule has 0 saturated heterocycles. The average molecular weight is 1670 g/mol. The van der Waals surface area contributed by atoms with Gasteiger partial charge in [0.05, 0.1) is 44.2 Å². The quantitative estimate of drug-likeness (QED) is 0.00845. The minimum atomic E-state index is -2.09. The zero-order valence-electron chi connectivity index (χ0n) is 63.6. The molecule has 2 aromatic heterocycles. The molecule has 48 heteroatoms. The predicted octanol–water partition coefficient (Wildman–Crippen LogP) is -11.5. The number of benzene rings is 2. The number of aromatic hydroxyl groups is 1. The first-order chi connectivity index (χ1) is 55.2. The third-order valence-electron chi connectivity index (χ3n) is 17.5. The van der Waals surface area contributed by atoms with Crippen molar-refractivity contribution in [3.05, 3.63) is 84.1 Å². The lowest BCUT2D eigenvalue weighted by Gasteiger charge is -2.29. The van der Waals surface area contributed by atoms with E-state index in [1.54, 1.807) is 30.5 Å². The lowest BCUT2D eigenvalue weighted by atomic mass is 10.0. The second-order valence-electron chi connectivity index (χ2n) is 26.9. The number of hydrogen-bond acceptors (Lipinski definition) is 26. The Morgan fingerprint density at radius 3 is 1.37 bits per heavy atom. The molecule has 0 fully saturated rings. The molecular weight excluding hydrogens is 1560 g/mol. The van der Waals surface area contributed by atoms with Gasteiger partial charge in [0, 0.05) is 79.9 Å². The molecule has 0 bridgehead atoms. The van der Waals surface area contributed by atoms with Gasteiger partial charge in [-0.1, -0.05) is 30.3 Å². The van der Waals surface area contributed by atoms with E-state index in [-0.39, 0.29) is 69.7 Å². The summed E-state index contributed by atoms with van der Waals surface area (Å²) in [6.45, 7) is -0.371. The van der Waals surface area contributed by atoms with Gasteiger partial charge in [-0.15, -0.1) is 0 Å². The van der Waals surface area contributed by atoms with E-state index < -0.39 is 242 Å². The fraction of sp³-hybridized carbons (Fsp3) is 0.493. The number of carbonyl (C=O) groups excluding carboxylic acids is 15. The number of rotatable bonds is 52. The number of primary amides is 3. The first-order valence-electron chi connectivity index (χ1n) is 36.4. The van der Waals surface area contributed by atoms with Crippen molar-refractivity contribution >= 4 is 130 Å². The van der Waals surface area contributed by atoms with Crippen LogP contribution in [-0.2, 0) is 96.0 Å². The van der Waals surface area contributed by atoms with Crippen molar-refractivity contribution in [2.75, 3.05) is 32.1 Å². The van der Waals surface area contributed by atoms with E-state index in [9.17, 15) is 107 Å². The highest BCUT2D eigenvalue weighted by atomic mass is 32.1. The number of phenols is 1. The molecular formula is C69H103N25O22S. The number of aliphatic hydroxyl groups is 4. The molecule has 0 aliphatic heterocycles. The van der Waals surface area contributed by atoms with E-state index in [0.717, 1.165) is 13.8 Å². The number of amides is 15. The summed E-state index contributed by atoms with van der Waals surface area (Å²) in [5.41, 5.74) is 35.0. The molecule has 2 heterocycles. The van der Waals surface area contributed by atoms with Gasteiger partial charge in [0.15, 0.2) is 11.9 Å². The van der Waals surface area contributed by atoms with Gasteiger partial charge in [-0.2, -0.15) is 12.6 Å². The third-order valence-corrected chi connectivity index (χ3v) is 17.9. The van der Waals surface area contributed by atoms with Gasteiger partial charge in [0.1, 0.15) is 78.3 Å². The van der Waals surface area contributed by atoms with Crippen LogP contribution in [0.4, 0.5) is 0 Å². The second kappa shape index (κ2) is 48.4. The number of carboxylic acid groups (broad SMARTS) is 1. The van der Waals surface area contributed by atoms with E-state index in [0.29, 0.717) is 27.7 Å². The lowest BCUT2D eigenvalue weighted by Crippen LogP contribution is -2.63. The standard InChI is InChI=1S/C69H103N25O22S/c1-31(97)53(65(113)85-42(16-18-51(72)101)56(104)90-48(28-96)63(111)89-46(67(115)116)21-33-11-13-36(99)14-12-33)94-66(114)54(32(2)98)93-58(106)40(10-6-20-80-69(76)77)83-64(112)49(29-117)92-57(105)41(15-17-50(71)100)84-62(110)47(27-95)91-61(109)45(24-52(73)102)88-59(107)43(22-34-25-81-39-9-4-3-7-37(34)39)87-60(108)44(23-35-26-78-30-82-35)86-55(103)38(70)8-5-19-79-68(74)75/h3-4,7,9,11-14,25-26,30-32,38,40-49,53-54,81,95-99,117H,5-6,8,10,15-24,27-29,70H2,1-2H3,(H2,71,100)(H2,72,101)(H2,73,102)(H,78,82)(H,83,112)(H,84,110)(H,85,113)(H,86,103)(H,87,108)(H,88,107)(H,89,111)(H,90,104)(H,91,109)(H,92,105)(H,93,106)(H,94,114)(H,115,116)(H4,74,75,79)(H4,76,77,80)/t31-,32-,38+,40+,41+,42+,43+,44+,45+,46+,47+,48+,49+,53+,54+/m1/s1. The molecule has 0 aliphatic rings. The number of nitrogens with zero attached hydrogens (tertiary/aromatic N) is 1. The maximum Gasteiger partial charge on any atom is 0.326 e. The molecule has 642 valence electrons. The van der Waals surface area contributed by atoms with Crippen LogP contribution in [0.2, 0.25) is 0 Å². The molecule has 15 amide bonds. The van der Waals surface area contributed by atoms with Crippen molar-refractivity contribution in [1.29, 1.82) is 10.8 Å². The maximum absolute atomic E-state index is 14.6. The fourth-order valence-electron chi connectivity index (χ4n) is 11.2. The highest BCUT2D eigenvalue weighted by molar-refractivity contribution is 7.80. The Morgan fingerprint density at radius 1 is 0.470 bits per heavy atom. The third kappa shape index (κ3) is 33.3. The van der Waals surface area contributed by atoms with Gasteiger partial charge in [0.25, 0.3) is 0 Å². The van der Waals surface area contributed by atoms with Gasteiger partial charge < -0.3 is 149 Å². The minimum absolute atomic E-state index is 0.0780. The Labute approximate surface area is 672 Å². The SMILES string of the molecule is C[C@@H](O)[C@H](NC(=O)[C@H](CCCNC(=N)N)NC(=O)[C@H](CS)NC(=O)[C@H](CCC(N)=O)NC(=O)[C@H](CO)NC(=O)[C@H](CC(N)=O)NC(=O)[C@H](Cc1c[nH]c2ccccc12)NC(=O)[C@H](Cc1cnc[nH]1)NC(=O)[C@@H](N)CCCNC(=N)N)C(=O)N[C@H](C(=O)N[C@@H](CCC(N)=O)C(=O)N[C@@H](CO)C(=O)N[C@@H](Cc1ccc(O)cc1)C(=O)O)[C@@H](C)O. The molecule has 0 aliphatic carbocycles. The number of thiol groups is 1. The molecule has 117 heavy (non-hydrogen) atoms. The van der Waals surface area contributed by atoms with Crippen LogP contribution in [0.25, 0.3) is 10.9 Å². The lowest BCUT2D eigenvalue weighted by molar-refractivity contribution is -0.142. The normalized spacial score (nSPS) is 14.9. The van der Waals surface area contributed by atoms with Crippen LogP contribution in [0.5, 0.6) is 5.75 Å². The van der Waals surface area contributed by atoms with Gasteiger partial charge in [-0.3, -0.25) is 82.7 Å². The number of aliphatic carboxylic acids is 1. The Hall–Kier alpha value is -12.8. The van der Waals surface area contributed by atoms with Crippen molar-refractivity contribution in [2.24, 2.45) is 34.4 Å². The van der Waals surface area contributed by atoms with Gasteiger partial charge in [-0.05, 0) is 81.7 Å². The fourth-order valence-corrected chi connectivity index (χ4v) is 11.5. The van der Waals surface area contributed by atoms with E-state index in [4.69, 9.17) is 45.2 Å². The number of aliphatic hydroxyl groups excluding tert-OH is 4. The zero-order valence-corrected chi connectivity index (χ0v) is 64.5. The first kappa shape index (κ1) is 96.6. The number of nitrogens with one attached hydrogen (secondary N) is 18. The van der Waals surface area contributed by atoms with Gasteiger partial charge in [-0.25, -0.2) is 9.78 Å². The molecule has 4 aromatic rings. The zero-order chi connectivity index (χ0) is 87.3. The molecule has 2 aromatic carbocycles. The molecule has 15 atom stereocenters. The van der Waals surface area contributed by atoms with Crippen LogP contribution in [-0.4, -0.2) is 275 Å². The number of carboxylic acids is 1. The molecule has 0 radical (unpaired) electrons. The smallest absolute Gasteiger partial charge is 0.326 e. The summed E-state index contributed by atoms with van der Waals surface area (Å²) in [5.74, 6) is -20.9. The molecule has 0 unspecified atom stereocenters. The second-order valence-corrected chi connectivity index (χ2v) is 27.3. The largest absolute Gasteiger partial charge is 0.508 e. The molecule has 36 N–H and O–H groups in total. The number of carbonyl (C=O) groups is 16. The van der Waals surface area contributed by atoms with Crippen molar-refractivity contribution in [3.8, 4) is 5.75 Å². The number of aromatic amines is 2. The number of H-pyrrole nitrogens is 2. The molecule has 0 spiro atoms. The topological polar surface area (TPSA) is 811 Å². The maximum atomic E-state index is 14.6. The first-order valence-corrected chi connectivity index (χ1v) is 37.0. The molecule has 4 rings (SSSR count). The Bertz CT molecular complexity index is 4130.